The van der Waals surface area contributed by atoms with Gasteiger partial charge in [0, 0.05) is 0 Å². The molecule has 2 rings (SSSR count). The van der Waals surface area contributed by atoms with Crippen LogP contribution in [0.3, 0.4) is 0 Å². The number of hydrogen-bond donors (Lipinski definition) is 0. The fraction of sp³-hybridized carbons (Fsp3) is 0.500. The Balaban J connectivity index is 2.55. The first-order valence-corrected chi connectivity index (χ1v) is 5.87. The van der Waals surface area contributed by atoms with Crippen LogP contribution in [0.25, 0.3) is 0 Å². The molecule has 0 saturated heterocycles. The third-order valence-corrected chi connectivity index (χ3v) is 3.51. The van der Waals surface area contributed by atoms with Crippen molar-refractivity contribution < 1.29 is 9.18 Å². The molecule has 0 unspecified atom stereocenters. The maximum absolute atomic E-state index is 14.2. The molecule has 3 heteroatoms. The lowest BCUT2D eigenvalue weighted by atomic mass is 9.69. The van der Waals surface area contributed by atoms with Gasteiger partial charge in [0.15, 0.2) is 0 Å². The molecule has 0 spiro atoms. The molecule has 0 aromatic heterocycles. The van der Waals surface area contributed by atoms with Crippen LogP contribution in [0.15, 0.2) is 29.3 Å². The molecule has 0 radical (unpaired) electrons. The van der Waals surface area contributed by atoms with Gasteiger partial charge >= 0.3 is 0 Å². The lowest BCUT2D eigenvalue weighted by Crippen LogP contribution is -2.34. The summed E-state index contributed by atoms with van der Waals surface area (Å²) in [6.45, 7) is 3.06. The molecule has 0 heterocycles. The zero-order valence-electron chi connectivity index (χ0n) is 10.2. The first-order valence-electron chi connectivity index (χ1n) is 5.87. The average Bonchev–Trinajstić information content (AvgIpc) is 2.22. The van der Waals surface area contributed by atoms with Gasteiger partial charge < -0.3 is 0 Å². The zero-order valence-corrected chi connectivity index (χ0v) is 10.2. The second kappa shape index (κ2) is 4.08. The Morgan fingerprint density at radius 1 is 1.35 bits per heavy atom. The van der Waals surface area contributed by atoms with Crippen LogP contribution in [0.2, 0.25) is 0 Å². The number of carbonyl (C=O) groups excluding carboxylic acids is 1. The van der Waals surface area contributed by atoms with Gasteiger partial charge in [-0.3, -0.25) is 0 Å². The summed E-state index contributed by atoms with van der Waals surface area (Å²) >= 11 is 0. The molecule has 1 aromatic rings. The van der Waals surface area contributed by atoms with Crippen molar-refractivity contribution in [2.24, 2.45) is 4.99 Å². The van der Waals surface area contributed by atoms with E-state index < -0.39 is 11.2 Å². The van der Waals surface area contributed by atoms with Crippen molar-refractivity contribution in [2.45, 2.75) is 44.3 Å². The second-order valence-corrected chi connectivity index (χ2v) is 5.11. The molecule has 90 valence electrons. The maximum Gasteiger partial charge on any atom is 0.235 e. The number of rotatable bonds is 3. The fourth-order valence-corrected chi connectivity index (χ4v) is 2.45. The van der Waals surface area contributed by atoms with Gasteiger partial charge in [0.25, 0.3) is 0 Å². The molecule has 0 amide bonds. The number of hydrogen-bond acceptors (Lipinski definition) is 2. The molecule has 0 aliphatic heterocycles. The highest BCUT2D eigenvalue weighted by Crippen LogP contribution is 2.48. The van der Waals surface area contributed by atoms with E-state index in [0.29, 0.717) is 5.56 Å². The highest BCUT2D eigenvalue weighted by Gasteiger charge is 2.42. The molecule has 0 atom stereocenters. The predicted octanol–water partition coefficient (Wildman–Crippen LogP) is 3.61. The molecule has 1 saturated carbocycles. The lowest BCUT2D eigenvalue weighted by molar-refractivity contribution is 0.201. The zero-order chi connectivity index (χ0) is 12.5. The van der Waals surface area contributed by atoms with E-state index in [9.17, 15) is 9.18 Å². The molecule has 1 aromatic carbocycles. The molecule has 17 heavy (non-hydrogen) atoms. The Morgan fingerprint density at radius 3 is 2.47 bits per heavy atom. The third kappa shape index (κ3) is 2.03. The van der Waals surface area contributed by atoms with Gasteiger partial charge in [-0.2, -0.15) is 4.99 Å². The predicted molar refractivity (Wildman–Crippen MR) is 64.2 cm³/mol. The van der Waals surface area contributed by atoms with E-state index in [1.807, 2.05) is 18.2 Å². The fourth-order valence-electron chi connectivity index (χ4n) is 2.45. The topological polar surface area (TPSA) is 29.4 Å². The minimum atomic E-state index is -1.42. The van der Waals surface area contributed by atoms with Gasteiger partial charge in [-0.05, 0) is 44.2 Å². The highest BCUT2D eigenvalue weighted by atomic mass is 19.1. The third-order valence-electron chi connectivity index (χ3n) is 3.51. The summed E-state index contributed by atoms with van der Waals surface area (Å²) in [7, 11) is 0. The Labute approximate surface area is 101 Å². The van der Waals surface area contributed by atoms with Crippen LogP contribution in [0.1, 0.15) is 44.2 Å². The van der Waals surface area contributed by atoms with Crippen LogP contribution < -0.4 is 0 Å². The van der Waals surface area contributed by atoms with E-state index >= 15 is 0 Å². The summed E-state index contributed by atoms with van der Waals surface area (Å²) in [5, 5.41) is 0. The second-order valence-electron chi connectivity index (χ2n) is 5.11. The Hall–Kier alpha value is -1.47. The number of alkyl halides is 1. The number of aliphatic imine (C=N–C) groups is 1. The van der Waals surface area contributed by atoms with Crippen molar-refractivity contribution in [1.29, 1.82) is 0 Å². The normalized spacial score (nSPS) is 18.1. The first-order chi connectivity index (χ1) is 7.99. The highest BCUT2D eigenvalue weighted by molar-refractivity contribution is 5.44. The molecule has 1 fully saturated rings. The molecule has 0 bridgehead atoms. The van der Waals surface area contributed by atoms with Crippen LogP contribution in [0, 0.1) is 0 Å². The van der Waals surface area contributed by atoms with E-state index in [1.165, 1.54) is 13.8 Å². The number of benzene rings is 1. The summed E-state index contributed by atoms with van der Waals surface area (Å²) < 4.78 is 14.2. The first kappa shape index (κ1) is 12.0. The van der Waals surface area contributed by atoms with E-state index in [0.717, 1.165) is 24.8 Å². The molecule has 2 nitrogen and oxygen atoms in total. The van der Waals surface area contributed by atoms with Gasteiger partial charge in [-0.25, -0.2) is 9.18 Å². The standard InChI is InChI=1S/C14H16FNO/c1-13(2,15)11-6-3-4-7-12(11)14(16-10-17)8-5-9-14/h3-4,6-7H,5,8-9H2,1-2H3. The molecule has 1 aliphatic carbocycles. The Bertz CT molecular complexity index is 465. The van der Waals surface area contributed by atoms with Gasteiger partial charge in [-0.15, -0.1) is 0 Å². The summed E-state index contributed by atoms with van der Waals surface area (Å²) in [5.41, 5.74) is -0.486. The van der Waals surface area contributed by atoms with Crippen molar-refractivity contribution in [3.05, 3.63) is 35.4 Å². The molecule has 1 aliphatic rings. The Kier molecular flexibility index (Phi) is 2.88. The van der Waals surface area contributed by atoms with Crippen LogP contribution in [0.4, 0.5) is 4.39 Å². The summed E-state index contributed by atoms with van der Waals surface area (Å²) in [6.07, 6.45) is 4.26. The van der Waals surface area contributed by atoms with Crippen molar-refractivity contribution in [3.8, 4) is 0 Å². The van der Waals surface area contributed by atoms with Crippen LogP contribution >= 0.6 is 0 Å². The lowest BCUT2D eigenvalue weighted by Gasteiger charge is -2.39. The van der Waals surface area contributed by atoms with Crippen LogP contribution in [0.5, 0.6) is 0 Å². The minimum Gasteiger partial charge on any atom is -0.239 e. The largest absolute Gasteiger partial charge is 0.239 e. The van der Waals surface area contributed by atoms with Crippen LogP contribution in [-0.2, 0) is 16.0 Å². The van der Waals surface area contributed by atoms with Gasteiger partial charge in [0.2, 0.25) is 6.08 Å². The van der Waals surface area contributed by atoms with E-state index in [2.05, 4.69) is 4.99 Å². The number of nitrogens with zero attached hydrogens (tertiary/aromatic N) is 1. The van der Waals surface area contributed by atoms with Crippen molar-refractivity contribution >= 4 is 6.08 Å². The average molecular weight is 233 g/mol. The quantitative estimate of drug-likeness (QED) is 0.579. The maximum atomic E-state index is 14.2. The molecular weight excluding hydrogens is 217 g/mol. The molecular formula is C14H16FNO. The van der Waals surface area contributed by atoms with Crippen molar-refractivity contribution in [1.82, 2.24) is 0 Å². The summed E-state index contributed by atoms with van der Waals surface area (Å²) in [4.78, 5) is 14.5. The number of isocyanates is 1. The summed E-state index contributed by atoms with van der Waals surface area (Å²) in [5.74, 6) is 0. The van der Waals surface area contributed by atoms with Crippen LogP contribution in [-0.4, -0.2) is 6.08 Å². The van der Waals surface area contributed by atoms with Crippen molar-refractivity contribution in [3.63, 3.8) is 0 Å². The minimum absolute atomic E-state index is 0.526. The van der Waals surface area contributed by atoms with E-state index in [-0.39, 0.29) is 0 Å². The molecule has 0 N–H and O–H groups in total. The SMILES string of the molecule is CC(C)(F)c1ccccc1C1(N=C=O)CCC1. The van der Waals surface area contributed by atoms with Gasteiger partial charge in [-0.1, -0.05) is 24.3 Å². The Morgan fingerprint density at radius 2 is 2.00 bits per heavy atom. The number of halogens is 1. The van der Waals surface area contributed by atoms with Crippen molar-refractivity contribution in [2.75, 3.05) is 0 Å². The van der Waals surface area contributed by atoms with Gasteiger partial charge in [0.05, 0.1) is 5.54 Å². The van der Waals surface area contributed by atoms with E-state index in [4.69, 9.17) is 0 Å². The van der Waals surface area contributed by atoms with E-state index in [1.54, 1.807) is 12.1 Å². The smallest absolute Gasteiger partial charge is 0.235 e. The van der Waals surface area contributed by atoms with Gasteiger partial charge in [0.1, 0.15) is 5.67 Å². The monoisotopic (exact) mass is 233 g/mol. The summed E-state index contributed by atoms with van der Waals surface area (Å²) in [6, 6.07) is 7.33.